The van der Waals surface area contributed by atoms with Crippen molar-refractivity contribution in [3.63, 3.8) is 0 Å². The van der Waals surface area contributed by atoms with Crippen molar-refractivity contribution in [1.29, 1.82) is 0 Å². The molecule has 0 aromatic carbocycles. The largest absolute Gasteiger partial charge is 0.368 e. The van der Waals surface area contributed by atoms with Crippen LogP contribution in [0.5, 0.6) is 0 Å². The predicted molar refractivity (Wildman–Crippen MR) is 78.1 cm³/mol. The van der Waals surface area contributed by atoms with E-state index in [1.165, 1.54) is 0 Å². The standard InChI is InChI=1S/C12H19N5S/c1-3-17(4-2)7-6-14-10-9-5-8-18-11(9)16-12(13)15-10/h5,8H,3-4,6-7H2,1-2H3,(H3,13,14,15,16). The van der Waals surface area contributed by atoms with Gasteiger partial charge in [0, 0.05) is 13.1 Å². The van der Waals surface area contributed by atoms with Crippen LogP contribution in [0.25, 0.3) is 10.2 Å². The molecule has 0 aliphatic rings. The number of rotatable bonds is 6. The quantitative estimate of drug-likeness (QED) is 0.836. The first kappa shape index (κ1) is 13.0. The van der Waals surface area contributed by atoms with E-state index in [9.17, 15) is 0 Å². The fourth-order valence-electron chi connectivity index (χ4n) is 1.88. The summed E-state index contributed by atoms with van der Waals surface area (Å²) in [4.78, 5) is 11.8. The molecular formula is C12H19N5S. The van der Waals surface area contributed by atoms with Gasteiger partial charge in [-0.3, -0.25) is 0 Å². The van der Waals surface area contributed by atoms with Gasteiger partial charge in [-0.2, -0.15) is 4.98 Å². The van der Waals surface area contributed by atoms with E-state index in [1.807, 2.05) is 11.4 Å². The number of likely N-dealkylation sites (N-methyl/N-ethyl adjacent to an activating group) is 1. The number of fused-ring (bicyclic) bond motifs is 1. The van der Waals surface area contributed by atoms with Crippen molar-refractivity contribution in [2.45, 2.75) is 13.8 Å². The van der Waals surface area contributed by atoms with Crippen molar-refractivity contribution in [3.8, 4) is 0 Å². The number of nitrogens with two attached hydrogens (primary N) is 1. The maximum Gasteiger partial charge on any atom is 0.223 e. The molecule has 0 saturated heterocycles. The Balaban J connectivity index is 2.05. The van der Waals surface area contributed by atoms with Crippen LogP contribution in [0.4, 0.5) is 11.8 Å². The monoisotopic (exact) mass is 265 g/mol. The van der Waals surface area contributed by atoms with Crippen molar-refractivity contribution in [2.75, 3.05) is 37.2 Å². The highest BCUT2D eigenvalue weighted by atomic mass is 32.1. The van der Waals surface area contributed by atoms with Crippen LogP contribution in [-0.2, 0) is 0 Å². The highest BCUT2D eigenvalue weighted by Gasteiger charge is 2.07. The first-order valence-electron chi connectivity index (χ1n) is 6.21. The van der Waals surface area contributed by atoms with E-state index in [0.29, 0.717) is 5.95 Å². The van der Waals surface area contributed by atoms with Crippen LogP contribution in [-0.4, -0.2) is 41.0 Å². The molecule has 0 aliphatic heterocycles. The second-order valence-corrected chi connectivity index (χ2v) is 4.92. The Labute approximate surface area is 111 Å². The zero-order valence-electron chi connectivity index (χ0n) is 10.8. The van der Waals surface area contributed by atoms with Gasteiger partial charge in [0.1, 0.15) is 10.6 Å². The number of hydrogen-bond donors (Lipinski definition) is 2. The molecule has 0 bridgehead atoms. The molecule has 0 spiro atoms. The molecule has 5 nitrogen and oxygen atoms in total. The number of nitrogen functional groups attached to an aromatic ring is 1. The molecule has 3 N–H and O–H groups in total. The first-order valence-corrected chi connectivity index (χ1v) is 7.09. The number of thiophene rings is 1. The van der Waals surface area contributed by atoms with Gasteiger partial charge in [-0.05, 0) is 24.5 Å². The van der Waals surface area contributed by atoms with E-state index in [4.69, 9.17) is 5.73 Å². The number of hydrogen-bond acceptors (Lipinski definition) is 6. The minimum atomic E-state index is 0.329. The molecule has 2 heterocycles. The van der Waals surface area contributed by atoms with Gasteiger partial charge in [-0.25, -0.2) is 4.98 Å². The zero-order chi connectivity index (χ0) is 13.0. The molecule has 2 aromatic heterocycles. The van der Waals surface area contributed by atoms with E-state index >= 15 is 0 Å². The summed E-state index contributed by atoms with van der Waals surface area (Å²) in [7, 11) is 0. The highest BCUT2D eigenvalue weighted by Crippen LogP contribution is 2.25. The Morgan fingerprint density at radius 3 is 2.83 bits per heavy atom. The van der Waals surface area contributed by atoms with Crippen LogP contribution in [0.1, 0.15) is 13.8 Å². The van der Waals surface area contributed by atoms with E-state index < -0.39 is 0 Å². The molecule has 0 unspecified atom stereocenters. The van der Waals surface area contributed by atoms with Crippen molar-refractivity contribution < 1.29 is 0 Å². The van der Waals surface area contributed by atoms with Gasteiger partial charge >= 0.3 is 0 Å². The normalized spacial score (nSPS) is 11.3. The van der Waals surface area contributed by atoms with Gasteiger partial charge in [0.2, 0.25) is 5.95 Å². The molecule has 98 valence electrons. The van der Waals surface area contributed by atoms with Crippen LogP contribution in [0.2, 0.25) is 0 Å². The summed E-state index contributed by atoms with van der Waals surface area (Å²) in [5, 5.41) is 6.41. The van der Waals surface area contributed by atoms with Gasteiger partial charge < -0.3 is 16.0 Å². The average molecular weight is 265 g/mol. The fraction of sp³-hybridized carbons (Fsp3) is 0.500. The van der Waals surface area contributed by atoms with Crippen molar-refractivity contribution in [1.82, 2.24) is 14.9 Å². The zero-order valence-corrected chi connectivity index (χ0v) is 11.6. The molecule has 0 fully saturated rings. The molecule has 0 atom stereocenters. The maximum atomic E-state index is 5.70. The SMILES string of the molecule is CCN(CC)CCNc1nc(N)nc2sccc12. The molecule has 0 amide bonds. The summed E-state index contributed by atoms with van der Waals surface area (Å²) in [6.07, 6.45) is 0. The van der Waals surface area contributed by atoms with Crippen molar-refractivity contribution in [3.05, 3.63) is 11.4 Å². The highest BCUT2D eigenvalue weighted by molar-refractivity contribution is 7.16. The van der Waals surface area contributed by atoms with E-state index in [0.717, 1.165) is 42.2 Å². The Morgan fingerprint density at radius 1 is 1.33 bits per heavy atom. The summed E-state index contributed by atoms with van der Waals surface area (Å²) in [6.45, 7) is 8.34. The minimum Gasteiger partial charge on any atom is -0.368 e. The average Bonchev–Trinajstić information content (AvgIpc) is 2.82. The van der Waals surface area contributed by atoms with Crippen molar-refractivity contribution >= 4 is 33.3 Å². The lowest BCUT2D eigenvalue weighted by Gasteiger charge is -2.18. The molecule has 18 heavy (non-hydrogen) atoms. The Bertz CT molecular complexity index is 506. The molecular weight excluding hydrogens is 246 g/mol. The summed E-state index contributed by atoms with van der Waals surface area (Å²) in [6, 6.07) is 2.03. The van der Waals surface area contributed by atoms with Crippen LogP contribution in [0.3, 0.4) is 0 Å². The third-order valence-electron chi connectivity index (χ3n) is 2.96. The summed E-state index contributed by atoms with van der Waals surface area (Å²) >= 11 is 1.58. The van der Waals surface area contributed by atoms with Gasteiger partial charge in [0.15, 0.2) is 0 Å². The Morgan fingerprint density at radius 2 is 2.11 bits per heavy atom. The van der Waals surface area contributed by atoms with Gasteiger partial charge in [0.05, 0.1) is 5.39 Å². The summed E-state index contributed by atoms with van der Waals surface area (Å²) in [5.41, 5.74) is 5.70. The van der Waals surface area contributed by atoms with Gasteiger partial charge in [-0.1, -0.05) is 13.8 Å². The Hall–Kier alpha value is -1.40. The van der Waals surface area contributed by atoms with Crippen LogP contribution >= 0.6 is 11.3 Å². The number of anilines is 2. The summed E-state index contributed by atoms with van der Waals surface area (Å²) in [5.74, 6) is 1.17. The molecule has 2 rings (SSSR count). The molecule has 0 saturated carbocycles. The molecule has 0 radical (unpaired) electrons. The van der Waals surface area contributed by atoms with Crippen molar-refractivity contribution in [2.24, 2.45) is 0 Å². The van der Waals surface area contributed by atoms with E-state index in [-0.39, 0.29) is 0 Å². The smallest absolute Gasteiger partial charge is 0.223 e. The van der Waals surface area contributed by atoms with E-state index in [1.54, 1.807) is 11.3 Å². The third kappa shape index (κ3) is 2.88. The molecule has 2 aromatic rings. The van der Waals surface area contributed by atoms with Crippen LogP contribution < -0.4 is 11.1 Å². The minimum absolute atomic E-state index is 0.329. The number of nitrogens with zero attached hydrogens (tertiary/aromatic N) is 3. The first-order chi connectivity index (χ1) is 8.74. The lowest BCUT2D eigenvalue weighted by atomic mass is 10.3. The van der Waals surface area contributed by atoms with Gasteiger partial charge in [0.25, 0.3) is 0 Å². The second kappa shape index (κ2) is 5.97. The third-order valence-corrected chi connectivity index (χ3v) is 3.76. The van der Waals surface area contributed by atoms with Gasteiger partial charge in [-0.15, -0.1) is 11.3 Å². The van der Waals surface area contributed by atoms with E-state index in [2.05, 4.69) is 34.0 Å². The topological polar surface area (TPSA) is 67.1 Å². The fourth-order valence-corrected chi connectivity index (χ4v) is 2.65. The molecule has 0 aliphatic carbocycles. The second-order valence-electron chi connectivity index (χ2n) is 4.02. The number of nitrogens with one attached hydrogen (secondary N) is 1. The maximum absolute atomic E-state index is 5.70. The lowest BCUT2D eigenvalue weighted by molar-refractivity contribution is 0.316. The summed E-state index contributed by atoms with van der Waals surface area (Å²) < 4.78 is 0. The predicted octanol–water partition coefficient (Wildman–Crippen LogP) is 2.03. The number of aromatic nitrogens is 2. The molecule has 6 heteroatoms. The van der Waals surface area contributed by atoms with Crippen LogP contribution in [0, 0.1) is 0 Å². The Kier molecular flexibility index (Phi) is 4.33. The lowest BCUT2D eigenvalue weighted by Crippen LogP contribution is -2.28. The van der Waals surface area contributed by atoms with Crippen LogP contribution in [0.15, 0.2) is 11.4 Å².